The lowest BCUT2D eigenvalue weighted by Crippen LogP contribution is -2.38. The van der Waals surface area contributed by atoms with Crippen LogP contribution in [0.4, 0.5) is 0 Å². The maximum Gasteiger partial charge on any atom is 0.230 e. The molecule has 0 saturated carbocycles. The molecule has 0 bridgehead atoms. The summed E-state index contributed by atoms with van der Waals surface area (Å²) in [7, 11) is 0. The number of amides is 1. The molecule has 1 aliphatic rings. The minimum atomic E-state index is -0.339. The molecule has 1 amide bonds. The van der Waals surface area contributed by atoms with Gasteiger partial charge in [0, 0.05) is 6.21 Å². The second kappa shape index (κ2) is 2.39. The number of nitrogens with one attached hydrogen (secondary N) is 1. The Balaban J connectivity index is 2.65. The number of hydrogen-bond acceptors (Lipinski definition) is 3. The fourth-order valence-corrected chi connectivity index (χ4v) is 0.778. The summed E-state index contributed by atoms with van der Waals surface area (Å²) in [5, 5.41) is 2.56. The van der Waals surface area contributed by atoms with Crippen molar-refractivity contribution < 1.29 is 4.79 Å². The second-order valence-electron chi connectivity index (χ2n) is 1.97. The maximum absolute atomic E-state index is 10.8. The van der Waals surface area contributed by atoms with Gasteiger partial charge in [-0.15, -0.1) is 12.6 Å². The van der Waals surface area contributed by atoms with Crippen molar-refractivity contribution in [3.8, 4) is 0 Å². The molecule has 0 aliphatic carbocycles. The molecule has 1 aliphatic heterocycles. The van der Waals surface area contributed by atoms with Crippen molar-refractivity contribution in [2.45, 2.75) is 12.4 Å². The molecular weight excluding hydrogens is 136 g/mol. The van der Waals surface area contributed by atoms with Gasteiger partial charge in [0.15, 0.2) is 5.50 Å². The van der Waals surface area contributed by atoms with Crippen LogP contribution in [-0.2, 0) is 4.79 Å². The van der Waals surface area contributed by atoms with E-state index in [0.29, 0.717) is 0 Å². The number of thiol groups is 1. The van der Waals surface area contributed by atoms with E-state index in [2.05, 4.69) is 22.9 Å². The number of carbonyl (C=O) groups excluding carboxylic acids is 1. The van der Waals surface area contributed by atoms with Crippen molar-refractivity contribution in [2.24, 2.45) is 10.9 Å². The Morgan fingerprint density at radius 2 is 2.56 bits per heavy atom. The summed E-state index contributed by atoms with van der Waals surface area (Å²) in [5.74, 6) is -0.113. The van der Waals surface area contributed by atoms with Crippen molar-refractivity contribution in [1.29, 1.82) is 0 Å². The largest absolute Gasteiger partial charge is 0.325 e. The molecule has 0 aromatic rings. The van der Waals surface area contributed by atoms with Gasteiger partial charge in [0.05, 0.1) is 5.92 Å². The van der Waals surface area contributed by atoms with Crippen LogP contribution in [-0.4, -0.2) is 17.6 Å². The number of aliphatic imine (C=N–C) groups is 1. The molecule has 0 fully saturated rings. The van der Waals surface area contributed by atoms with Crippen LogP contribution in [0.15, 0.2) is 4.99 Å². The van der Waals surface area contributed by atoms with Crippen molar-refractivity contribution in [3.05, 3.63) is 0 Å². The lowest BCUT2D eigenvalue weighted by Gasteiger charge is -2.16. The van der Waals surface area contributed by atoms with Crippen molar-refractivity contribution in [1.82, 2.24) is 5.32 Å². The average molecular weight is 144 g/mol. The Labute approximate surface area is 59.0 Å². The summed E-state index contributed by atoms with van der Waals surface area (Å²) in [6.07, 6.45) is 1.61. The third-order valence-electron chi connectivity index (χ3n) is 1.14. The summed E-state index contributed by atoms with van der Waals surface area (Å²) in [5.41, 5.74) is -0.339. The van der Waals surface area contributed by atoms with Crippen LogP contribution in [0.1, 0.15) is 6.92 Å². The Morgan fingerprint density at radius 1 is 1.89 bits per heavy atom. The lowest BCUT2D eigenvalue weighted by molar-refractivity contribution is -0.123. The van der Waals surface area contributed by atoms with Gasteiger partial charge in [-0.3, -0.25) is 9.79 Å². The highest BCUT2D eigenvalue weighted by Crippen LogP contribution is 2.02. The molecular formula is C5H8N2OS. The summed E-state index contributed by atoms with van der Waals surface area (Å²) in [4.78, 5) is 14.6. The van der Waals surface area contributed by atoms with Crippen LogP contribution < -0.4 is 5.32 Å². The van der Waals surface area contributed by atoms with Gasteiger partial charge in [0.25, 0.3) is 0 Å². The minimum Gasteiger partial charge on any atom is -0.325 e. The van der Waals surface area contributed by atoms with E-state index in [1.807, 2.05) is 0 Å². The van der Waals surface area contributed by atoms with Gasteiger partial charge in [-0.2, -0.15) is 0 Å². The topological polar surface area (TPSA) is 41.5 Å². The van der Waals surface area contributed by atoms with Crippen LogP contribution in [0, 0.1) is 5.92 Å². The number of hydrogen-bond donors (Lipinski definition) is 2. The maximum atomic E-state index is 10.8. The number of carbonyl (C=O) groups is 1. The molecule has 50 valence electrons. The van der Waals surface area contributed by atoms with Gasteiger partial charge >= 0.3 is 0 Å². The third kappa shape index (κ3) is 1.45. The Morgan fingerprint density at radius 3 is 3.00 bits per heavy atom. The Hall–Kier alpha value is -0.510. The predicted octanol–water partition coefficient (Wildman–Crippen LogP) is 0.0365. The zero-order valence-corrected chi connectivity index (χ0v) is 5.93. The van der Waals surface area contributed by atoms with E-state index in [1.54, 1.807) is 13.1 Å². The molecule has 0 aromatic carbocycles. The molecule has 1 rings (SSSR count). The van der Waals surface area contributed by atoms with Crippen LogP contribution in [0.5, 0.6) is 0 Å². The minimum absolute atomic E-state index is 0.00926. The SMILES string of the molecule is CC1C=NC(S)NC1=O. The molecule has 4 heteroatoms. The van der Waals surface area contributed by atoms with E-state index in [1.165, 1.54) is 0 Å². The molecule has 0 spiro atoms. The van der Waals surface area contributed by atoms with Crippen molar-refractivity contribution in [3.63, 3.8) is 0 Å². The van der Waals surface area contributed by atoms with Crippen LogP contribution in [0.2, 0.25) is 0 Å². The second-order valence-corrected chi connectivity index (χ2v) is 2.46. The van der Waals surface area contributed by atoms with Gasteiger partial charge in [-0.05, 0) is 6.92 Å². The Kier molecular flexibility index (Phi) is 1.75. The van der Waals surface area contributed by atoms with Gasteiger partial charge in [-0.1, -0.05) is 0 Å². The van der Waals surface area contributed by atoms with Crippen LogP contribution >= 0.6 is 12.6 Å². The first kappa shape index (κ1) is 6.61. The molecule has 2 unspecified atom stereocenters. The first-order valence-electron chi connectivity index (χ1n) is 2.72. The van der Waals surface area contributed by atoms with Gasteiger partial charge in [-0.25, -0.2) is 0 Å². The van der Waals surface area contributed by atoms with E-state index in [-0.39, 0.29) is 17.3 Å². The van der Waals surface area contributed by atoms with Crippen LogP contribution in [0.25, 0.3) is 0 Å². The molecule has 0 aromatic heterocycles. The van der Waals surface area contributed by atoms with Gasteiger partial charge in [0.1, 0.15) is 0 Å². The fourth-order valence-electron chi connectivity index (χ4n) is 0.574. The zero-order valence-electron chi connectivity index (χ0n) is 5.03. The molecule has 0 saturated heterocycles. The van der Waals surface area contributed by atoms with Gasteiger partial charge < -0.3 is 5.32 Å². The van der Waals surface area contributed by atoms with Crippen molar-refractivity contribution in [2.75, 3.05) is 0 Å². The molecule has 0 radical (unpaired) electrons. The summed E-state index contributed by atoms with van der Waals surface area (Å²) in [6.45, 7) is 1.79. The summed E-state index contributed by atoms with van der Waals surface area (Å²) >= 11 is 3.93. The molecule has 1 heterocycles. The molecule has 2 atom stereocenters. The molecule has 3 nitrogen and oxygen atoms in total. The monoisotopic (exact) mass is 144 g/mol. The molecule has 1 N–H and O–H groups in total. The van der Waals surface area contributed by atoms with E-state index in [9.17, 15) is 4.79 Å². The van der Waals surface area contributed by atoms with Crippen LogP contribution in [0.3, 0.4) is 0 Å². The lowest BCUT2D eigenvalue weighted by atomic mass is 10.2. The smallest absolute Gasteiger partial charge is 0.230 e. The standard InChI is InChI=1S/C5H8N2OS/c1-3-2-6-5(9)7-4(3)8/h2-3,5,9H,1H3,(H,7,8). The normalized spacial score (nSPS) is 34.2. The first-order valence-corrected chi connectivity index (χ1v) is 3.23. The third-order valence-corrected chi connectivity index (χ3v) is 1.40. The predicted molar refractivity (Wildman–Crippen MR) is 38.6 cm³/mol. The first-order chi connectivity index (χ1) is 4.20. The van der Waals surface area contributed by atoms with E-state index in [0.717, 1.165) is 0 Å². The Bertz CT molecular complexity index is 157. The van der Waals surface area contributed by atoms with E-state index >= 15 is 0 Å². The van der Waals surface area contributed by atoms with E-state index in [4.69, 9.17) is 0 Å². The quantitative estimate of drug-likeness (QED) is 0.463. The fraction of sp³-hybridized carbons (Fsp3) is 0.600. The van der Waals surface area contributed by atoms with Crippen molar-refractivity contribution >= 4 is 24.8 Å². The number of rotatable bonds is 0. The summed E-state index contributed by atoms with van der Waals surface area (Å²) < 4.78 is 0. The molecule has 9 heavy (non-hydrogen) atoms. The highest BCUT2D eigenvalue weighted by atomic mass is 32.1. The highest BCUT2D eigenvalue weighted by molar-refractivity contribution is 7.80. The zero-order chi connectivity index (χ0) is 6.85. The van der Waals surface area contributed by atoms with E-state index < -0.39 is 0 Å². The summed E-state index contributed by atoms with van der Waals surface area (Å²) in [6, 6.07) is 0. The number of nitrogens with zero attached hydrogens (tertiary/aromatic N) is 1. The average Bonchev–Trinajstić information content (AvgIpc) is 1.80. The highest BCUT2D eigenvalue weighted by Gasteiger charge is 2.16. The van der Waals surface area contributed by atoms with Gasteiger partial charge in [0.2, 0.25) is 5.91 Å².